The predicted molar refractivity (Wildman–Crippen MR) is 92.5 cm³/mol. The van der Waals surface area contributed by atoms with Gasteiger partial charge in [-0.2, -0.15) is 0 Å². The molecule has 1 aromatic heterocycles. The minimum absolute atomic E-state index is 0.0175. The fourth-order valence-electron chi connectivity index (χ4n) is 4.80. The summed E-state index contributed by atoms with van der Waals surface area (Å²) in [6.45, 7) is 0.830. The number of benzene rings is 1. The van der Waals surface area contributed by atoms with Crippen LogP contribution in [-0.4, -0.2) is 34.9 Å². The molecule has 130 valence electrons. The van der Waals surface area contributed by atoms with Crippen LogP contribution in [0.2, 0.25) is 0 Å². The van der Waals surface area contributed by atoms with E-state index in [1.54, 1.807) is 12.1 Å². The molecule has 1 amide bonds. The van der Waals surface area contributed by atoms with Gasteiger partial charge in [-0.15, -0.1) is 5.10 Å². The molecular formula is C18H19N3O3S. The third-order valence-corrected chi connectivity index (χ3v) is 6.33. The smallest absolute Gasteiger partial charge is 0.284 e. The van der Waals surface area contributed by atoms with Gasteiger partial charge in [0.25, 0.3) is 10.7 Å². The fourth-order valence-corrected chi connectivity index (χ4v) is 4.92. The first kappa shape index (κ1) is 15.3. The molecule has 6 nitrogen and oxygen atoms in total. The van der Waals surface area contributed by atoms with E-state index in [1.165, 1.54) is 19.3 Å². The number of nitrogens with one attached hydrogen (secondary N) is 2. The number of H-pyrrole nitrogens is 1. The number of rotatable bonds is 3. The van der Waals surface area contributed by atoms with E-state index in [0.717, 1.165) is 18.6 Å². The van der Waals surface area contributed by atoms with Gasteiger partial charge in [-0.3, -0.25) is 4.79 Å². The molecule has 7 heteroatoms. The molecule has 0 bridgehead atoms. The van der Waals surface area contributed by atoms with Gasteiger partial charge in [0.05, 0.1) is 6.10 Å². The molecule has 5 rings (SSSR count). The zero-order valence-corrected chi connectivity index (χ0v) is 14.5. The lowest BCUT2D eigenvalue weighted by Crippen LogP contribution is -2.71. The molecule has 3 aliphatic rings. The SMILES string of the molecule is O=C(N[C@@H]1[C@H]2CCO[C@@H]2C12CCC2)c1ccc(-c2n[nH]c(=S)o2)cc1. The van der Waals surface area contributed by atoms with E-state index in [1.807, 2.05) is 12.1 Å². The zero-order chi connectivity index (χ0) is 17.0. The third-order valence-electron chi connectivity index (χ3n) is 6.15. The van der Waals surface area contributed by atoms with E-state index in [9.17, 15) is 4.79 Å². The van der Waals surface area contributed by atoms with Gasteiger partial charge in [-0.25, -0.2) is 5.10 Å². The molecule has 2 aromatic rings. The monoisotopic (exact) mass is 357 g/mol. The van der Waals surface area contributed by atoms with Gasteiger partial charge >= 0.3 is 0 Å². The van der Waals surface area contributed by atoms with E-state index in [4.69, 9.17) is 21.4 Å². The summed E-state index contributed by atoms with van der Waals surface area (Å²) in [5.74, 6) is 0.892. The molecule has 1 aliphatic heterocycles. The molecule has 0 unspecified atom stereocenters. The van der Waals surface area contributed by atoms with Crippen molar-refractivity contribution in [3.63, 3.8) is 0 Å². The number of hydrogen-bond acceptors (Lipinski definition) is 5. The fraction of sp³-hybridized carbons (Fsp3) is 0.500. The minimum Gasteiger partial charge on any atom is -0.409 e. The highest BCUT2D eigenvalue weighted by molar-refractivity contribution is 7.71. The Morgan fingerprint density at radius 1 is 1.32 bits per heavy atom. The van der Waals surface area contributed by atoms with Gasteiger partial charge in [0.2, 0.25) is 5.89 Å². The number of aromatic nitrogens is 2. The quantitative estimate of drug-likeness (QED) is 0.825. The highest BCUT2D eigenvalue weighted by Gasteiger charge is 2.66. The predicted octanol–water partition coefficient (Wildman–Crippen LogP) is 3.09. The number of carbonyl (C=O) groups is 1. The van der Waals surface area contributed by atoms with Crippen LogP contribution >= 0.6 is 12.2 Å². The average Bonchev–Trinajstić information content (AvgIpc) is 3.19. The van der Waals surface area contributed by atoms with Crippen LogP contribution in [0.3, 0.4) is 0 Å². The maximum Gasteiger partial charge on any atom is 0.284 e. The molecule has 0 radical (unpaired) electrons. The van der Waals surface area contributed by atoms with E-state index < -0.39 is 0 Å². The van der Waals surface area contributed by atoms with Crippen molar-refractivity contribution in [1.29, 1.82) is 0 Å². The first-order valence-electron chi connectivity index (χ1n) is 8.76. The summed E-state index contributed by atoms with van der Waals surface area (Å²) in [6, 6.07) is 7.50. The van der Waals surface area contributed by atoms with Crippen molar-refractivity contribution < 1.29 is 13.9 Å². The largest absolute Gasteiger partial charge is 0.409 e. The second kappa shape index (κ2) is 5.51. The van der Waals surface area contributed by atoms with Crippen molar-refractivity contribution in [2.24, 2.45) is 11.3 Å². The summed E-state index contributed by atoms with van der Waals surface area (Å²) in [5, 5.41) is 9.87. The Kier molecular flexibility index (Phi) is 3.36. The van der Waals surface area contributed by atoms with Crippen molar-refractivity contribution in [3.8, 4) is 11.5 Å². The van der Waals surface area contributed by atoms with Gasteiger partial charge in [-0.05, 0) is 55.7 Å². The van der Waals surface area contributed by atoms with Gasteiger partial charge in [-0.1, -0.05) is 6.42 Å². The van der Waals surface area contributed by atoms with E-state index in [-0.39, 0.29) is 22.2 Å². The van der Waals surface area contributed by atoms with Crippen LogP contribution in [0.25, 0.3) is 11.5 Å². The van der Waals surface area contributed by atoms with Gasteiger partial charge < -0.3 is 14.5 Å². The van der Waals surface area contributed by atoms with Crippen LogP contribution in [0.15, 0.2) is 28.7 Å². The van der Waals surface area contributed by atoms with Crippen molar-refractivity contribution in [3.05, 3.63) is 34.7 Å². The number of aromatic amines is 1. The number of fused-ring (bicyclic) bond motifs is 2. The minimum atomic E-state index is -0.0175. The normalized spacial score (nSPS) is 28.9. The Morgan fingerprint density at radius 3 is 2.76 bits per heavy atom. The first-order chi connectivity index (χ1) is 12.2. The lowest BCUT2D eigenvalue weighted by molar-refractivity contribution is -0.172. The number of amides is 1. The van der Waals surface area contributed by atoms with Crippen LogP contribution in [0.5, 0.6) is 0 Å². The lowest BCUT2D eigenvalue weighted by Gasteiger charge is -2.63. The maximum atomic E-state index is 12.7. The Labute approximate surface area is 150 Å². The molecule has 25 heavy (non-hydrogen) atoms. The van der Waals surface area contributed by atoms with Crippen molar-refractivity contribution in [1.82, 2.24) is 15.5 Å². The Morgan fingerprint density at radius 2 is 2.12 bits per heavy atom. The van der Waals surface area contributed by atoms with Crippen LogP contribution in [0.1, 0.15) is 36.0 Å². The molecular weight excluding hydrogens is 338 g/mol. The highest BCUT2D eigenvalue weighted by Crippen LogP contribution is 2.62. The summed E-state index contributed by atoms with van der Waals surface area (Å²) in [6.07, 6.45) is 5.00. The molecule has 2 aliphatic carbocycles. The molecule has 1 aromatic carbocycles. The standard InChI is InChI=1S/C18H19N3O3S/c22-15(10-2-4-11(5-3-10)16-20-21-17(25)24-16)19-13-12-6-9-23-14(12)18(13)7-1-8-18/h2-5,12-14H,1,6-9H2,(H,19,22)(H,21,25)/t12-,13-,14+/m1/s1. The molecule has 2 saturated carbocycles. The molecule has 1 spiro atoms. The molecule has 2 N–H and O–H groups in total. The van der Waals surface area contributed by atoms with Gasteiger partial charge in [0.15, 0.2) is 0 Å². The highest BCUT2D eigenvalue weighted by atomic mass is 32.1. The van der Waals surface area contributed by atoms with Crippen molar-refractivity contribution in [2.75, 3.05) is 6.61 Å². The summed E-state index contributed by atoms with van der Waals surface area (Å²) in [4.78, 5) is 12.9. The number of hydrogen-bond donors (Lipinski definition) is 2. The Bertz CT molecular complexity index is 868. The van der Waals surface area contributed by atoms with E-state index in [0.29, 0.717) is 23.5 Å². The zero-order valence-electron chi connectivity index (χ0n) is 13.7. The van der Waals surface area contributed by atoms with Crippen LogP contribution in [0.4, 0.5) is 0 Å². The first-order valence-corrected chi connectivity index (χ1v) is 9.17. The topological polar surface area (TPSA) is 80.1 Å². The van der Waals surface area contributed by atoms with E-state index in [2.05, 4.69) is 15.5 Å². The summed E-state index contributed by atoms with van der Waals surface area (Å²) in [7, 11) is 0. The molecule has 1 saturated heterocycles. The average molecular weight is 357 g/mol. The number of carbonyl (C=O) groups excluding carboxylic acids is 1. The Hall–Kier alpha value is -1.99. The van der Waals surface area contributed by atoms with Crippen molar-refractivity contribution in [2.45, 2.75) is 37.8 Å². The number of ether oxygens (including phenoxy) is 1. The van der Waals surface area contributed by atoms with E-state index >= 15 is 0 Å². The summed E-state index contributed by atoms with van der Waals surface area (Å²) >= 11 is 4.88. The summed E-state index contributed by atoms with van der Waals surface area (Å²) in [5.41, 5.74) is 1.63. The van der Waals surface area contributed by atoms with Gasteiger partial charge in [0, 0.05) is 35.1 Å². The molecule has 2 heterocycles. The molecule has 3 atom stereocenters. The van der Waals surface area contributed by atoms with Crippen molar-refractivity contribution >= 4 is 18.1 Å². The van der Waals surface area contributed by atoms with Crippen LogP contribution in [-0.2, 0) is 4.74 Å². The third kappa shape index (κ3) is 2.22. The van der Waals surface area contributed by atoms with Crippen LogP contribution < -0.4 is 5.32 Å². The Balaban J connectivity index is 1.32. The summed E-state index contributed by atoms with van der Waals surface area (Å²) < 4.78 is 11.2. The lowest BCUT2D eigenvalue weighted by atomic mass is 9.46. The maximum absolute atomic E-state index is 12.7. The van der Waals surface area contributed by atoms with Gasteiger partial charge in [0.1, 0.15) is 0 Å². The molecule has 3 fully saturated rings. The second-order valence-corrected chi connectivity index (χ2v) is 7.65. The second-order valence-electron chi connectivity index (χ2n) is 7.28. The van der Waals surface area contributed by atoms with Crippen LogP contribution in [0, 0.1) is 16.2 Å². The number of nitrogens with zero attached hydrogens (tertiary/aromatic N) is 1.